The number of nitriles is 1. The first kappa shape index (κ1) is 24.4. The van der Waals surface area contributed by atoms with Crippen molar-refractivity contribution in [2.24, 2.45) is 16.8 Å². The number of nitrogens with zero attached hydrogens (tertiary/aromatic N) is 3. The van der Waals surface area contributed by atoms with Crippen LogP contribution in [0.1, 0.15) is 36.8 Å². The summed E-state index contributed by atoms with van der Waals surface area (Å²) in [5.74, 6) is 1.85. The largest absolute Gasteiger partial charge is 0.355 e. The minimum Gasteiger partial charge on any atom is -0.355 e. The number of aliphatic imine (C=N–C) groups is 1. The van der Waals surface area contributed by atoms with E-state index in [1.54, 1.807) is 7.05 Å². The van der Waals surface area contributed by atoms with Crippen LogP contribution in [0.15, 0.2) is 53.5 Å². The highest BCUT2D eigenvalue weighted by Crippen LogP contribution is 2.30. The number of halogens is 2. The predicted molar refractivity (Wildman–Crippen MR) is 133 cm³/mol. The van der Waals surface area contributed by atoms with E-state index in [2.05, 4.69) is 44.8 Å². The van der Waals surface area contributed by atoms with E-state index in [1.807, 2.05) is 30.5 Å². The summed E-state index contributed by atoms with van der Waals surface area (Å²) in [6, 6.07) is 16.3. The minimum absolute atomic E-state index is 0.548. The third-order valence-corrected chi connectivity index (χ3v) is 6.58. The SMILES string of the molecule is CN=C(NC#N)NCC1CCC(CN(Cc2ccc(Cl)cc2)Cc2ccc(Cl)cc2)CC1. The van der Waals surface area contributed by atoms with Gasteiger partial charge in [-0.15, -0.1) is 0 Å². The number of rotatable bonds is 8. The van der Waals surface area contributed by atoms with Crippen molar-refractivity contribution in [3.63, 3.8) is 0 Å². The van der Waals surface area contributed by atoms with Crippen molar-refractivity contribution >= 4 is 29.2 Å². The summed E-state index contributed by atoms with van der Waals surface area (Å²) in [7, 11) is 1.68. The van der Waals surface area contributed by atoms with Crippen LogP contribution in [0.4, 0.5) is 0 Å². The molecular weight excluding hydrogens is 441 g/mol. The third-order valence-electron chi connectivity index (χ3n) is 6.08. The Morgan fingerprint density at radius 3 is 1.91 bits per heavy atom. The van der Waals surface area contributed by atoms with E-state index in [-0.39, 0.29) is 0 Å². The Hall–Kier alpha value is -2.26. The maximum Gasteiger partial charge on any atom is 0.204 e. The smallest absolute Gasteiger partial charge is 0.204 e. The topological polar surface area (TPSA) is 63.5 Å². The number of guanidine groups is 1. The van der Waals surface area contributed by atoms with Gasteiger partial charge in [-0.3, -0.25) is 15.2 Å². The first-order valence-corrected chi connectivity index (χ1v) is 11.9. The second kappa shape index (κ2) is 12.7. The Balaban J connectivity index is 1.55. The molecule has 3 rings (SSSR count). The Bertz CT molecular complexity index is 850. The molecule has 32 heavy (non-hydrogen) atoms. The Morgan fingerprint density at radius 2 is 1.44 bits per heavy atom. The number of benzene rings is 2. The fourth-order valence-electron chi connectivity index (χ4n) is 4.34. The Kier molecular flexibility index (Phi) is 9.67. The monoisotopic (exact) mass is 471 g/mol. The molecule has 0 amide bonds. The van der Waals surface area contributed by atoms with Gasteiger partial charge >= 0.3 is 0 Å². The molecule has 170 valence electrons. The van der Waals surface area contributed by atoms with E-state index < -0.39 is 0 Å². The molecule has 1 aliphatic carbocycles. The molecule has 1 fully saturated rings. The lowest BCUT2D eigenvalue weighted by molar-refractivity contribution is 0.169. The summed E-state index contributed by atoms with van der Waals surface area (Å²) < 4.78 is 0. The van der Waals surface area contributed by atoms with Gasteiger partial charge in [0.25, 0.3) is 0 Å². The van der Waals surface area contributed by atoms with Gasteiger partial charge in [-0.25, -0.2) is 0 Å². The highest BCUT2D eigenvalue weighted by molar-refractivity contribution is 6.30. The molecule has 1 aliphatic rings. The lowest BCUT2D eigenvalue weighted by atomic mass is 9.81. The molecule has 0 spiro atoms. The second-order valence-corrected chi connectivity index (χ2v) is 9.37. The van der Waals surface area contributed by atoms with Crippen LogP contribution >= 0.6 is 23.2 Å². The van der Waals surface area contributed by atoms with Gasteiger partial charge in [-0.1, -0.05) is 47.5 Å². The summed E-state index contributed by atoms with van der Waals surface area (Å²) in [6.45, 7) is 3.73. The summed E-state index contributed by atoms with van der Waals surface area (Å²) in [5, 5.41) is 16.1. The van der Waals surface area contributed by atoms with Crippen LogP contribution in [0.5, 0.6) is 0 Å². The third kappa shape index (κ3) is 8.02. The molecule has 5 nitrogen and oxygen atoms in total. The van der Waals surface area contributed by atoms with Gasteiger partial charge in [0.15, 0.2) is 6.19 Å². The molecule has 0 atom stereocenters. The molecule has 0 saturated heterocycles. The van der Waals surface area contributed by atoms with Gasteiger partial charge in [-0.05, 0) is 72.9 Å². The molecule has 7 heteroatoms. The minimum atomic E-state index is 0.548. The van der Waals surface area contributed by atoms with Gasteiger partial charge in [-0.2, -0.15) is 5.26 Å². The summed E-state index contributed by atoms with van der Waals surface area (Å²) >= 11 is 12.2. The Labute approximate surface area is 201 Å². The van der Waals surface area contributed by atoms with Gasteiger partial charge in [0.05, 0.1) is 0 Å². The van der Waals surface area contributed by atoms with Crippen LogP contribution in [0, 0.1) is 23.3 Å². The molecule has 0 heterocycles. The van der Waals surface area contributed by atoms with Gasteiger partial charge < -0.3 is 5.32 Å². The summed E-state index contributed by atoms with van der Waals surface area (Å²) in [4.78, 5) is 6.59. The second-order valence-electron chi connectivity index (χ2n) is 8.50. The molecule has 2 aromatic carbocycles. The quantitative estimate of drug-likeness (QED) is 0.232. The van der Waals surface area contributed by atoms with Gasteiger partial charge in [0.1, 0.15) is 0 Å². The average molecular weight is 472 g/mol. The van der Waals surface area contributed by atoms with Gasteiger partial charge in [0.2, 0.25) is 5.96 Å². The van der Waals surface area contributed by atoms with E-state index in [4.69, 9.17) is 28.5 Å². The lowest BCUT2D eigenvalue weighted by Gasteiger charge is -2.33. The van der Waals surface area contributed by atoms with Crippen molar-refractivity contribution in [2.75, 3.05) is 20.1 Å². The maximum atomic E-state index is 8.76. The van der Waals surface area contributed by atoms with Crippen molar-refractivity contribution in [1.29, 1.82) is 5.26 Å². The van der Waals surface area contributed by atoms with Crippen molar-refractivity contribution in [3.05, 3.63) is 69.7 Å². The van der Waals surface area contributed by atoms with Crippen molar-refractivity contribution in [1.82, 2.24) is 15.5 Å². The Morgan fingerprint density at radius 1 is 0.938 bits per heavy atom. The van der Waals surface area contributed by atoms with Crippen LogP contribution in [0.2, 0.25) is 10.0 Å². The molecule has 2 N–H and O–H groups in total. The highest BCUT2D eigenvalue weighted by atomic mass is 35.5. The molecule has 0 bridgehead atoms. The number of hydrogen-bond donors (Lipinski definition) is 2. The van der Waals surface area contributed by atoms with Crippen LogP contribution in [-0.2, 0) is 13.1 Å². The molecule has 2 aromatic rings. The van der Waals surface area contributed by atoms with E-state index in [1.165, 1.54) is 36.8 Å². The van der Waals surface area contributed by atoms with Crippen LogP contribution in [0.25, 0.3) is 0 Å². The fourth-order valence-corrected chi connectivity index (χ4v) is 4.59. The molecule has 1 saturated carbocycles. The van der Waals surface area contributed by atoms with Crippen molar-refractivity contribution in [2.45, 2.75) is 38.8 Å². The zero-order valence-corrected chi connectivity index (χ0v) is 20.0. The van der Waals surface area contributed by atoms with Crippen LogP contribution in [0.3, 0.4) is 0 Å². The number of hydrogen-bond acceptors (Lipinski definition) is 3. The molecule has 0 aliphatic heterocycles. The zero-order valence-electron chi connectivity index (χ0n) is 18.5. The summed E-state index contributed by atoms with van der Waals surface area (Å²) in [5.41, 5.74) is 2.55. The van der Waals surface area contributed by atoms with Crippen molar-refractivity contribution in [3.8, 4) is 6.19 Å². The fraction of sp³-hybridized carbons (Fsp3) is 0.440. The standard InChI is InChI=1S/C25H31Cl2N5/c1-29-25(31-18-28)30-14-19-2-4-20(5-3-19)15-32(16-21-6-10-23(26)11-7-21)17-22-8-12-24(27)13-9-22/h6-13,19-20H,2-5,14-17H2,1H3,(H2,29,30,31). The summed E-state index contributed by atoms with van der Waals surface area (Å²) in [6.07, 6.45) is 6.73. The molecular formula is C25H31Cl2N5. The van der Waals surface area contributed by atoms with Crippen LogP contribution in [-0.4, -0.2) is 31.0 Å². The van der Waals surface area contributed by atoms with Gasteiger partial charge in [0, 0.05) is 43.3 Å². The molecule has 0 radical (unpaired) electrons. The zero-order chi connectivity index (χ0) is 22.8. The highest BCUT2D eigenvalue weighted by Gasteiger charge is 2.23. The van der Waals surface area contributed by atoms with Crippen molar-refractivity contribution < 1.29 is 0 Å². The van der Waals surface area contributed by atoms with Crippen LogP contribution < -0.4 is 10.6 Å². The lowest BCUT2D eigenvalue weighted by Crippen LogP contribution is -2.39. The van der Waals surface area contributed by atoms with E-state index in [0.29, 0.717) is 17.8 Å². The number of nitrogens with one attached hydrogen (secondary N) is 2. The normalized spacial score (nSPS) is 18.9. The first-order chi connectivity index (χ1) is 15.6. The first-order valence-electron chi connectivity index (χ1n) is 11.1. The van der Waals surface area contributed by atoms with E-state index in [9.17, 15) is 0 Å². The molecule has 0 unspecified atom stereocenters. The van der Waals surface area contributed by atoms with E-state index in [0.717, 1.165) is 36.2 Å². The predicted octanol–water partition coefficient (Wildman–Crippen LogP) is 5.45. The maximum absolute atomic E-state index is 8.76. The molecule has 0 aromatic heterocycles. The van der Waals surface area contributed by atoms with E-state index >= 15 is 0 Å². The average Bonchev–Trinajstić information content (AvgIpc) is 2.80.